The van der Waals surface area contributed by atoms with Gasteiger partial charge in [-0.2, -0.15) is 0 Å². The van der Waals surface area contributed by atoms with E-state index in [1.54, 1.807) is 6.08 Å². The number of unbranched alkanes of at least 4 members (excludes halogenated alkanes) is 42. The normalized spacial score (nSPS) is 18.1. The van der Waals surface area contributed by atoms with Crippen LogP contribution in [-0.4, -0.2) is 100 Å². The van der Waals surface area contributed by atoms with Gasteiger partial charge in [0.2, 0.25) is 5.91 Å². The number of carbonyl (C=O) groups excluding carboxylic acids is 2. The van der Waals surface area contributed by atoms with Crippen molar-refractivity contribution in [2.75, 3.05) is 19.8 Å². The van der Waals surface area contributed by atoms with E-state index in [9.17, 15) is 35.1 Å². The van der Waals surface area contributed by atoms with E-state index in [0.717, 1.165) is 77.0 Å². The predicted molar refractivity (Wildman–Crippen MR) is 384 cm³/mol. The Balaban J connectivity index is 1.87. The van der Waals surface area contributed by atoms with Crippen LogP contribution >= 0.6 is 0 Å². The van der Waals surface area contributed by atoms with E-state index < -0.39 is 49.5 Å². The lowest BCUT2D eigenvalue weighted by atomic mass is 9.99. The zero-order valence-electron chi connectivity index (χ0n) is 58.8. The zero-order valence-corrected chi connectivity index (χ0v) is 58.8. The fourth-order valence-electron chi connectivity index (χ4n) is 11.8. The van der Waals surface area contributed by atoms with Crippen LogP contribution in [0, 0.1) is 0 Å². The topological polar surface area (TPSA) is 175 Å². The second-order valence-corrected chi connectivity index (χ2v) is 26.3. The monoisotopic (exact) mass is 1280 g/mol. The van der Waals surface area contributed by atoms with Crippen molar-refractivity contribution in [1.82, 2.24) is 5.32 Å². The molecule has 0 spiro atoms. The first-order chi connectivity index (χ1) is 44.7. The molecule has 91 heavy (non-hydrogen) atoms. The first-order valence-corrected chi connectivity index (χ1v) is 38.3. The van der Waals surface area contributed by atoms with Crippen molar-refractivity contribution in [2.45, 2.75) is 391 Å². The number of rotatable bonds is 67. The van der Waals surface area contributed by atoms with Crippen LogP contribution in [0.3, 0.4) is 0 Å². The summed E-state index contributed by atoms with van der Waals surface area (Å²) in [6.45, 7) is 4.08. The minimum Gasteiger partial charge on any atom is -0.466 e. The second kappa shape index (κ2) is 68.2. The average molecular weight is 1280 g/mol. The summed E-state index contributed by atoms with van der Waals surface area (Å²) in [5.74, 6) is -0.197. The first kappa shape index (κ1) is 85.9. The van der Waals surface area contributed by atoms with E-state index >= 15 is 0 Å². The van der Waals surface area contributed by atoms with Crippen molar-refractivity contribution < 1.29 is 49.3 Å². The molecule has 0 aromatic carbocycles. The molecule has 1 rings (SSSR count). The number of hydrogen-bond acceptors (Lipinski definition) is 10. The number of nitrogens with one attached hydrogen (secondary N) is 1. The molecule has 1 amide bonds. The Hall–Kier alpha value is -3.16. The molecule has 1 aliphatic heterocycles. The van der Waals surface area contributed by atoms with Gasteiger partial charge in [0.15, 0.2) is 6.29 Å². The maximum atomic E-state index is 13.0. The number of aliphatic hydroxyl groups is 5. The largest absolute Gasteiger partial charge is 0.466 e. The van der Waals surface area contributed by atoms with Crippen LogP contribution in [0.4, 0.5) is 0 Å². The number of esters is 1. The van der Waals surface area contributed by atoms with Crippen molar-refractivity contribution in [1.29, 1.82) is 0 Å². The molecule has 1 heterocycles. The number of carbonyl (C=O) groups is 2. The molecule has 6 N–H and O–H groups in total. The molecule has 7 atom stereocenters. The molecular weight excluding hydrogens is 1130 g/mol. The molecule has 0 bridgehead atoms. The molecule has 1 aliphatic rings. The minimum absolute atomic E-state index is 0.000173. The fraction of sp³-hybridized carbons (Fsp3) is 0.800. The Kier molecular flexibility index (Phi) is 64.4. The molecular formula is C80H143NO10. The van der Waals surface area contributed by atoms with Gasteiger partial charge in [0.05, 0.1) is 32.0 Å². The van der Waals surface area contributed by atoms with Gasteiger partial charge in [-0.15, -0.1) is 0 Å². The third-order valence-electron chi connectivity index (χ3n) is 17.8. The Bertz CT molecular complexity index is 1790. The molecule has 0 aliphatic carbocycles. The summed E-state index contributed by atoms with van der Waals surface area (Å²) in [5, 5.41) is 54.3. The lowest BCUT2D eigenvalue weighted by molar-refractivity contribution is -0.302. The number of aliphatic hydroxyl groups excluding tert-OH is 5. The van der Waals surface area contributed by atoms with E-state index in [1.165, 1.54) is 244 Å². The first-order valence-electron chi connectivity index (χ1n) is 38.3. The molecule has 0 saturated carbocycles. The van der Waals surface area contributed by atoms with E-state index in [0.29, 0.717) is 19.4 Å². The Morgan fingerprint density at radius 1 is 0.429 bits per heavy atom. The van der Waals surface area contributed by atoms with E-state index in [1.807, 2.05) is 19.1 Å². The van der Waals surface area contributed by atoms with Gasteiger partial charge in [0.25, 0.3) is 0 Å². The van der Waals surface area contributed by atoms with Gasteiger partial charge in [0.1, 0.15) is 24.4 Å². The molecule has 1 saturated heterocycles. The standard InChI is InChI=1S/C80H143NO10/c1-3-5-7-9-11-13-14-15-41-45-48-52-56-60-64-68-76(85)89-69-65-61-57-53-49-46-43-40-38-36-34-32-30-28-26-24-22-20-18-16-17-19-21-23-25-27-29-31-33-35-37-39-42-44-47-51-55-59-63-67-75(84)81-72(73(83)66-62-58-54-50-12-10-8-6-4-2)71-90-80-79(88)78(87)77(86)74(70-82)91-80/h4,6,11-13,15-17,20,22,41,50,62,66,72-74,77-80,82-83,86-88H,3,5,7-10,14,18-19,21,23-40,42-49,51-61,63-65,67-71H2,1-2H3,(H,81,84)/b6-4+,13-11-,17-16-,22-20-,41-15-,50-12+,66-62+. The number of hydrogen-bond donors (Lipinski definition) is 6. The third-order valence-corrected chi connectivity index (χ3v) is 17.8. The Morgan fingerprint density at radius 3 is 1.21 bits per heavy atom. The highest BCUT2D eigenvalue weighted by Gasteiger charge is 2.44. The molecule has 7 unspecified atom stereocenters. The highest BCUT2D eigenvalue weighted by atomic mass is 16.7. The van der Waals surface area contributed by atoms with Gasteiger partial charge in [-0.05, 0) is 116 Å². The van der Waals surface area contributed by atoms with Crippen LogP contribution in [0.15, 0.2) is 85.1 Å². The highest BCUT2D eigenvalue weighted by molar-refractivity contribution is 5.76. The molecule has 0 aromatic heterocycles. The van der Waals surface area contributed by atoms with Crippen molar-refractivity contribution in [3.8, 4) is 0 Å². The maximum Gasteiger partial charge on any atom is 0.305 e. The average Bonchev–Trinajstić information content (AvgIpc) is 1.22. The summed E-state index contributed by atoms with van der Waals surface area (Å²) in [5.41, 5.74) is 0. The number of allylic oxidation sites excluding steroid dienone is 13. The summed E-state index contributed by atoms with van der Waals surface area (Å²) in [4.78, 5) is 25.1. The third kappa shape index (κ3) is 56.9. The van der Waals surface area contributed by atoms with Crippen LogP contribution in [-0.2, 0) is 23.8 Å². The highest BCUT2D eigenvalue weighted by Crippen LogP contribution is 2.23. The summed E-state index contributed by atoms with van der Waals surface area (Å²) in [6, 6.07) is -0.832. The molecule has 0 radical (unpaired) electrons. The van der Waals surface area contributed by atoms with Crippen LogP contribution in [0.5, 0.6) is 0 Å². The van der Waals surface area contributed by atoms with Gasteiger partial charge >= 0.3 is 5.97 Å². The lowest BCUT2D eigenvalue weighted by Gasteiger charge is -2.40. The van der Waals surface area contributed by atoms with Gasteiger partial charge in [-0.1, -0.05) is 304 Å². The Labute approximate surface area is 559 Å². The summed E-state index contributed by atoms with van der Waals surface area (Å²) < 4.78 is 16.7. The van der Waals surface area contributed by atoms with Crippen molar-refractivity contribution in [3.05, 3.63) is 85.1 Å². The van der Waals surface area contributed by atoms with Crippen LogP contribution in [0.1, 0.15) is 348 Å². The summed E-state index contributed by atoms with van der Waals surface area (Å²) >= 11 is 0. The lowest BCUT2D eigenvalue weighted by Crippen LogP contribution is -2.60. The molecule has 0 aromatic rings. The zero-order chi connectivity index (χ0) is 65.8. The molecule has 528 valence electrons. The van der Waals surface area contributed by atoms with Crippen molar-refractivity contribution >= 4 is 11.9 Å². The van der Waals surface area contributed by atoms with Gasteiger partial charge < -0.3 is 45.1 Å². The molecule has 1 fully saturated rings. The van der Waals surface area contributed by atoms with E-state index in [4.69, 9.17) is 14.2 Å². The van der Waals surface area contributed by atoms with Crippen LogP contribution in [0.2, 0.25) is 0 Å². The molecule has 11 nitrogen and oxygen atoms in total. The summed E-state index contributed by atoms with van der Waals surface area (Å²) in [6.07, 6.45) is 85.1. The van der Waals surface area contributed by atoms with Gasteiger partial charge in [-0.25, -0.2) is 0 Å². The van der Waals surface area contributed by atoms with Crippen molar-refractivity contribution in [3.63, 3.8) is 0 Å². The second-order valence-electron chi connectivity index (χ2n) is 26.3. The quantitative estimate of drug-likeness (QED) is 0.0195. The van der Waals surface area contributed by atoms with E-state index in [2.05, 4.69) is 79.1 Å². The van der Waals surface area contributed by atoms with Crippen LogP contribution < -0.4 is 5.32 Å². The summed E-state index contributed by atoms with van der Waals surface area (Å²) in [7, 11) is 0. The SMILES string of the molecule is C/C=C/CC/C=C/CC/C=C/C(O)C(COC1OC(CO)C(O)C(O)C1O)NC(=O)CCCCCCCCCCCCCCCCCCC/C=C\C/C=C\CCCCCCCCCCCCCCCCCOC(=O)CCCCCCC/C=C\C/C=C\CCCCC. The van der Waals surface area contributed by atoms with Crippen LogP contribution in [0.25, 0.3) is 0 Å². The maximum absolute atomic E-state index is 13.0. The molecule has 11 heteroatoms. The number of amides is 1. The number of ether oxygens (including phenoxy) is 3. The minimum atomic E-state index is -1.58. The smallest absolute Gasteiger partial charge is 0.305 e. The Morgan fingerprint density at radius 2 is 0.791 bits per heavy atom. The van der Waals surface area contributed by atoms with Gasteiger partial charge in [0, 0.05) is 12.8 Å². The predicted octanol–water partition coefficient (Wildman–Crippen LogP) is 20.4. The van der Waals surface area contributed by atoms with E-state index in [-0.39, 0.29) is 18.5 Å². The van der Waals surface area contributed by atoms with Gasteiger partial charge in [-0.3, -0.25) is 9.59 Å². The fourth-order valence-corrected chi connectivity index (χ4v) is 11.8. The van der Waals surface area contributed by atoms with Crippen molar-refractivity contribution in [2.24, 2.45) is 0 Å².